The smallest absolute Gasteiger partial charge is 0.317 e. The predicted octanol–water partition coefficient (Wildman–Crippen LogP) is 2.73. The molecule has 0 spiro atoms. The lowest BCUT2D eigenvalue weighted by Crippen LogP contribution is -2.43. The SMILES string of the molecule is O=C(CCCNC(=O)N1CCc2c([nH]c3ccccc23)C1)NCc1ccncc1. The van der Waals surface area contributed by atoms with Crippen LogP contribution < -0.4 is 10.6 Å². The number of carbonyl (C=O) groups excluding carboxylic acids is 2. The summed E-state index contributed by atoms with van der Waals surface area (Å²) in [6.45, 7) is 2.27. The first-order valence-corrected chi connectivity index (χ1v) is 9.97. The summed E-state index contributed by atoms with van der Waals surface area (Å²) in [6.07, 6.45) is 5.26. The van der Waals surface area contributed by atoms with Crippen LogP contribution >= 0.6 is 0 Å². The lowest BCUT2D eigenvalue weighted by molar-refractivity contribution is -0.121. The van der Waals surface area contributed by atoms with E-state index < -0.39 is 0 Å². The number of benzene rings is 1. The van der Waals surface area contributed by atoms with Crippen LogP contribution in [-0.4, -0.2) is 39.9 Å². The van der Waals surface area contributed by atoms with Crippen molar-refractivity contribution in [2.45, 2.75) is 32.4 Å². The van der Waals surface area contributed by atoms with Crippen molar-refractivity contribution >= 4 is 22.8 Å². The van der Waals surface area contributed by atoms with E-state index in [2.05, 4.69) is 32.7 Å². The summed E-state index contributed by atoms with van der Waals surface area (Å²) < 4.78 is 0. The summed E-state index contributed by atoms with van der Waals surface area (Å²) in [5.41, 5.74) is 4.57. The number of aromatic amines is 1. The summed E-state index contributed by atoms with van der Waals surface area (Å²) >= 11 is 0. The molecule has 2 aromatic heterocycles. The molecule has 0 saturated carbocycles. The Morgan fingerprint density at radius 2 is 1.93 bits per heavy atom. The number of hydrogen-bond donors (Lipinski definition) is 3. The Balaban J connectivity index is 1.19. The normalized spacial score (nSPS) is 13.2. The van der Waals surface area contributed by atoms with Gasteiger partial charge >= 0.3 is 6.03 Å². The monoisotopic (exact) mass is 391 g/mol. The Morgan fingerprint density at radius 1 is 1.10 bits per heavy atom. The minimum absolute atomic E-state index is 0.0169. The number of para-hydroxylation sites is 1. The Bertz CT molecular complexity index is 999. The van der Waals surface area contributed by atoms with E-state index in [1.54, 1.807) is 12.4 Å². The van der Waals surface area contributed by atoms with Gasteiger partial charge in [0.25, 0.3) is 0 Å². The molecular weight excluding hydrogens is 366 g/mol. The molecule has 0 aliphatic carbocycles. The first-order valence-electron chi connectivity index (χ1n) is 9.97. The molecule has 0 bridgehead atoms. The molecule has 0 fully saturated rings. The van der Waals surface area contributed by atoms with Crippen molar-refractivity contribution in [3.05, 3.63) is 65.6 Å². The molecule has 3 heterocycles. The van der Waals surface area contributed by atoms with E-state index in [0.717, 1.165) is 23.2 Å². The quantitative estimate of drug-likeness (QED) is 0.565. The van der Waals surface area contributed by atoms with E-state index in [9.17, 15) is 9.59 Å². The zero-order valence-corrected chi connectivity index (χ0v) is 16.3. The van der Waals surface area contributed by atoms with E-state index in [4.69, 9.17) is 0 Å². The van der Waals surface area contributed by atoms with Crippen LogP contribution in [0.3, 0.4) is 0 Å². The molecule has 0 unspecified atom stereocenters. The molecule has 3 amide bonds. The van der Waals surface area contributed by atoms with Crippen LogP contribution in [0.1, 0.15) is 29.7 Å². The number of nitrogens with zero attached hydrogens (tertiary/aromatic N) is 2. The molecular formula is C22H25N5O2. The number of hydrogen-bond acceptors (Lipinski definition) is 3. The van der Waals surface area contributed by atoms with Gasteiger partial charge in [0.15, 0.2) is 0 Å². The second-order valence-electron chi connectivity index (χ2n) is 7.27. The van der Waals surface area contributed by atoms with Crippen LogP contribution in [0.25, 0.3) is 10.9 Å². The molecule has 150 valence electrons. The minimum atomic E-state index is -0.0773. The molecule has 0 radical (unpaired) electrons. The third-order valence-corrected chi connectivity index (χ3v) is 5.27. The number of amides is 3. The van der Waals surface area contributed by atoms with Gasteiger partial charge in [0.1, 0.15) is 0 Å². The standard InChI is InChI=1S/C22H25N5O2/c28-21(25-14-16-7-11-23-12-8-16)6-3-10-24-22(29)27-13-9-18-17-4-1-2-5-19(17)26-20(18)15-27/h1-2,4-5,7-8,11-12,26H,3,6,9-10,13-15H2,(H,24,29)(H,25,28). The Labute approximate surface area is 169 Å². The number of aromatic nitrogens is 2. The van der Waals surface area contributed by atoms with Gasteiger partial charge in [-0.05, 0) is 42.2 Å². The molecule has 3 N–H and O–H groups in total. The molecule has 0 saturated heterocycles. The zero-order chi connectivity index (χ0) is 20.1. The number of fused-ring (bicyclic) bond motifs is 3. The minimum Gasteiger partial charge on any atom is -0.357 e. The van der Waals surface area contributed by atoms with Crippen molar-refractivity contribution in [2.24, 2.45) is 0 Å². The number of pyridine rings is 1. The molecule has 29 heavy (non-hydrogen) atoms. The van der Waals surface area contributed by atoms with E-state index >= 15 is 0 Å². The number of nitrogens with one attached hydrogen (secondary N) is 3. The Morgan fingerprint density at radius 3 is 2.79 bits per heavy atom. The van der Waals surface area contributed by atoms with Crippen molar-refractivity contribution in [1.29, 1.82) is 0 Å². The molecule has 0 atom stereocenters. The van der Waals surface area contributed by atoms with Gasteiger partial charge in [-0.3, -0.25) is 9.78 Å². The molecule has 7 nitrogen and oxygen atoms in total. The van der Waals surface area contributed by atoms with Crippen molar-refractivity contribution < 1.29 is 9.59 Å². The van der Waals surface area contributed by atoms with Gasteiger partial charge < -0.3 is 20.5 Å². The second kappa shape index (κ2) is 8.77. The van der Waals surface area contributed by atoms with Gasteiger partial charge in [0, 0.05) is 55.0 Å². The zero-order valence-electron chi connectivity index (χ0n) is 16.3. The van der Waals surface area contributed by atoms with Gasteiger partial charge in [0.05, 0.1) is 6.54 Å². The molecule has 1 aliphatic heterocycles. The van der Waals surface area contributed by atoms with Gasteiger partial charge in [-0.15, -0.1) is 0 Å². The number of H-pyrrole nitrogens is 1. The molecule has 4 rings (SSSR count). The second-order valence-corrected chi connectivity index (χ2v) is 7.27. The third-order valence-electron chi connectivity index (χ3n) is 5.27. The maximum absolute atomic E-state index is 12.5. The summed E-state index contributed by atoms with van der Waals surface area (Å²) in [5.74, 6) is -0.0169. The van der Waals surface area contributed by atoms with Crippen LogP contribution in [0, 0.1) is 0 Å². The Hall–Kier alpha value is -3.35. The highest BCUT2D eigenvalue weighted by Gasteiger charge is 2.23. The van der Waals surface area contributed by atoms with Gasteiger partial charge in [0.2, 0.25) is 5.91 Å². The summed E-state index contributed by atoms with van der Waals surface area (Å²) in [7, 11) is 0. The van der Waals surface area contributed by atoms with Crippen LogP contribution in [0.15, 0.2) is 48.8 Å². The van der Waals surface area contributed by atoms with Gasteiger partial charge in [-0.2, -0.15) is 0 Å². The third kappa shape index (κ3) is 4.56. The first-order chi connectivity index (χ1) is 14.2. The van der Waals surface area contributed by atoms with E-state index in [1.807, 2.05) is 29.2 Å². The molecule has 1 aromatic carbocycles. The van der Waals surface area contributed by atoms with Crippen molar-refractivity contribution in [3.8, 4) is 0 Å². The first kappa shape index (κ1) is 19.0. The fourth-order valence-corrected chi connectivity index (χ4v) is 3.71. The molecule has 3 aromatic rings. The lowest BCUT2D eigenvalue weighted by atomic mass is 10.0. The number of urea groups is 1. The van der Waals surface area contributed by atoms with Crippen molar-refractivity contribution in [1.82, 2.24) is 25.5 Å². The van der Waals surface area contributed by atoms with Gasteiger partial charge in [-0.25, -0.2) is 4.79 Å². The Kier molecular flexibility index (Phi) is 5.74. The molecule has 1 aliphatic rings. The van der Waals surface area contributed by atoms with Crippen molar-refractivity contribution in [3.63, 3.8) is 0 Å². The van der Waals surface area contributed by atoms with Gasteiger partial charge in [-0.1, -0.05) is 18.2 Å². The molecule has 7 heteroatoms. The summed E-state index contributed by atoms with van der Waals surface area (Å²) in [5, 5.41) is 7.06. The largest absolute Gasteiger partial charge is 0.357 e. The van der Waals surface area contributed by atoms with Crippen LogP contribution in [-0.2, 0) is 24.3 Å². The van der Waals surface area contributed by atoms with Crippen LogP contribution in [0.4, 0.5) is 4.79 Å². The number of rotatable bonds is 6. The lowest BCUT2D eigenvalue weighted by Gasteiger charge is -2.27. The average molecular weight is 391 g/mol. The highest BCUT2D eigenvalue weighted by Crippen LogP contribution is 2.27. The fourth-order valence-electron chi connectivity index (χ4n) is 3.71. The maximum atomic E-state index is 12.5. The van der Waals surface area contributed by atoms with Crippen molar-refractivity contribution in [2.75, 3.05) is 13.1 Å². The highest BCUT2D eigenvalue weighted by atomic mass is 16.2. The van der Waals surface area contributed by atoms with E-state index in [0.29, 0.717) is 39.0 Å². The fraction of sp³-hybridized carbons (Fsp3) is 0.318. The van der Waals surface area contributed by atoms with Crippen LogP contribution in [0.2, 0.25) is 0 Å². The maximum Gasteiger partial charge on any atom is 0.317 e. The topological polar surface area (TPSA) is 90.1 Å². The van der Waals surface area contributed by atoms with E-state index in [-0.39, 0.29) is 11.9 Å². The summed E-state index contributed by atoms with van der Waals surface area (Å²) in [4.78, 5) is 33.6. The van der Waals surface area contributed by atoms with Crippen LogP contribution in [0.5, 0.6) is 0 Å². The van der Waals surface area contributed by atoms with E-state index in [1.165, 1.54) is 10.9 Å². The predicted molar refractivity (Wildman–Crippen MR) is 111 cm³/mol. The summed E-state index contributed by atoms with van der Waals surface area (Å²) in [6, 6.07) is 11.9. The number of carbonyl (C=O) groups is 2. The highest BCUT2D eigenvalue weighted by molar-refractivity contribution is 5.85. The average Bonchev–Trinajstić information content (AvgIpc) is 3.13.